The average molecular weight is 307 g/mol. The van der Waals surface area contributed by atoms with Crippen LogP contribution in [-0.2, 0) is 6.54 Å². The standard InChI is InChI=1S/C15H25N5O2/c1-13-10-16-12-19(13)9-5-8-17-15(11-20(21)22)18-14-6-3-2-4-7-14/h10-12,14,17-18H,2-9H2,1H3/b15-11-. The van der Waals surface area contributed by atoms with Crippen LogP contribution in [0.15, 0.2) is 24.5 Å². The van der Waals surface area contributed by atoms with Gasteiger partial charge >= 0.3 is 0 Å². The van der Waals surface area contributed by atoms with Crippen LogP contribution in [0.4, 0.5) is 0 Å². The van der Waals surface area contributed by atoms with Gasteiger partial charge < -0.3 is 15.2 Å². The van der Waals surface area contributed by atoms with Crippen molar-refractivity contribution in [1.82, 2.24) is 20.2 Å². The largest absolute Gasteiger partial charge is 0.367 e. The van der Waals surface area contributed by atoms with Crippen LogP contribution in [0.25, 0.3) is 0 Å². The van der Waals surface area contributed by atoms with Gasteiger partial charge in [-0.2, -0.15) is 0 Å². The first-order valence-corrected chi connectivity index (χ1v) is 7.97. The first kappa shape index (κ1) is 16.3. The normalized spacial score (nSPS) is 16.5. The molecule has 7 heteroatoms. The van der Waals surface area contributed by atoms with Gasteiger partial charge in [0.1, 0.15) is 0 Å². The van der Waals surface area contributed by atoms with E-state index in [1.807, 2.05) is 19.4 Å². The molecule has 1 aromatic rings. The summed E-state index contributed by atoms with van der Waals surface area (Å²) < 4.78 is 2.08. The van der Waals surface area contributed by atoms with Gasteiger partial charge in [0.15, 0.2) is 5.82 Å². The van der Waals surface area contributed by atoms with Crippen molar-refractivity contribution in [3.8, 4) is 0 Å². The molecule has 22 heavy (non-hydrogen) atoms. The van der Waals surface area contributed by atoms with Crippen molar-refractivity contribution in [2.24, 2.45) is 0 Å². The highest BCUT2D eigenvalue weighted by Gasteiger charge is 2.15. The van der Waals surface area contributed by atoms with Crippen LogP contribution in [0.1, 0.15) is 44.2 Å². The third-order valence-corrected chi connectivity index (χ3v) is 4.01. The maximum absolute atomic E-state index is 10.8. The monoisotopic (exact) mass is 307 g/mol. The minimum Gasteiger partial charge on any atom is -0.367 e. The highest BCUT2D eigenvalue weighted by molar-refractivity contribution is 4.96. The summed E-state index contributed by atoms with van der Waals surface area (Å²) in [5.74, 6) is 0.527. The van der Waals surface area contributed by atoms with E-state index in [9.17, 15) is 10.1 Å². The fourth-order valence-electron chi connectivity index (χ4n) is 2.80. The first-order valence-electron chi connectivity index (χ1n) is 7.97. The Labute approximate surface area is 131 Å². The van der Waals surface area contributed by atoms with Crippen LogP contribution in [0.5, 0.6) is 0 Å². The third kappa shape index (κ3) is 5.38. The molecule has 1 saturated carbocycles. The van der Waals surface area contributed by atoms with Crippen molar-refractivity contribution in [1.29, 1.82) is 0 Å². The molecule has 0 amide bonds. The second kappa shape index (κ2) is 8.41. The number of hydrogen-bond donors (Lipinski definition) is 2. The predicted molar refractivity (Wildman–Crippen MR) is 84.7 cm³/mol. The van der Waals surface area contributed by atoms with E-state index in [0.29, 0.717) is 18.4 Å². The topological polar surface area (TPSA) is 85.0 Å². The van der Waals surface area contributed by atoms with Gasteiger partial charge in [0, 0.05) is 31.0 Å². The number of hydrogen-bond acceptors (Lipinski definition) is 5. The zero-order valence-electron chi connectivity index (χ0n) is 13.1. The van der Waals surface area contributed by atoms with Crippen LogP contribution in [0, 0.1) is 17.0 Å². The van der Waals surface area contributed by atoms with Gasteiger partial charge in [0.25, 0.3) is 6.20 Å². The summed E-state index contributed by atoms with van der Waals surface area (Å²) in [6.07, 6.45) is 11.4. The summed E-state index contributed by atoms with van der Waals surface area (Å²) in [5, 5.41) is 17.2. The second-order valence-electron chi connectivity index (χ2n) is 5.82. The zero-order chi connectivity index (χ0) is 15.8. The lowest BCUT2D eigenvalue weighted by atomic mass is 9.95. The highest BCUT2D eigenvalue weighted by atomic mass is 16.6. The van der Waals surface area contributed by atoms with Crippen molar-refractivity contribution in [3.63, 3.8) is 0 Å². The van der Waals surface area contributed by atoms with E-state index in [2.05, 4.69) is 20.2 Å². The van der Waals surface area contributed by atoms with Crippen molar-refractivity contribution in [2.75, 3.05) is 6.54 Å². The fraction of sp³-hybridized carbons (Fsp3) is 0.667. The minimum atomic E-state index is -0.405. The van der Waals surface area contributed by atoms with Gasteiger partial charge in [-0.25, -0.2) is 4.98 Å². The number of aryl methyl sites for hydroxylation is 2. The molecule has 0 atom stereocenters. The Bertz CT molecular complexity index is 506. The lowest BCUT2D eigenvalue weighted by molar-refractivity contribution is -0.404. The molecule has 1 aliphatic rings. The SMILES string of the molecule is Cc1cncn1CCCN/C(=C/[N+](=O)[O-])NC1CCCCC1. The number of nitrogens with zero attached hydrogens (tertiary/aromatic N) is 3. The molecule has 0 spiro atoms. The molecular formula is C15H25N5O2. The Morgan fingerprint density at radius 3 is 2.91 bits per heavy atom. The molecule has 0 radical (unpaired) electrons. The summed E-state index contributed by atoms with van der Waals surface area (Å²) in [6.45, 7) is 3.56. The Hall–Kier alpha value is -2.05. The molecule has 2 N–H and O–H groups in total. The highest BCUT2D eigenvalue weighted by Crippen LogP contribution is 2.18. The van der Waals surface area contributed by atoms with E-state index in [0.717, 1.165) is 37.7 Å². The van der Waals surface area contributed by atoms with Gasteiger partial charge in [-0.1, -0.05) is 19.3 Å². The van der Waals surface area contributed by atoms with Crippen LogP contribution in [0.3, 0.4) is 0 Å². The van der Waals surface area contributed by atoms with E-state index < -0.39 is 4.92 Å². The predicted octanol–water partition coefficient (Wildman–Crippen LogP) is 2.17. The molecular weight excluding hydrogens is 282 g/mol. The quantitative estimate of drug-likeness (QED) is 0.437. The van der Waals surface area contributed by atoms with Crippen LogP contribution in [0.2, 0.25) is 0 Å². The molecule has 1 fully saturated rings. The van der Waals surface area contributed by atoms with Crippen molar-refractivity contribution >= 4 is 0 Å². The van der Waals surface area contributed by atoms with E-state index in [-0.39, 0.29) is 0 Å². The molecule has 1 aliphatic carbocycles. The third-order valence-electron chi connectivity index (χ3n) is 4.01. The van der Waals surface area contributed by atoms with Crippen LogP contribution >= 0.6 is 0 Å². The molecule has 1 aromatic heterocycles. The van der Waals surface area contributed by atoms with Gasteiger partial charge in [-0.15, -0.1) is 0 Å². The van der Waals surface area contributed by atoms with Gasteiger partial charge in [0.2, 0.25) is 0 Å². The molecule has 0 aliphatic heterocycles. The average Bonchev–Trinajstić information content (AvgIpc) is 2.89. The van der Waals surface area contributed by atoms with Crippen molar-refractivity contribution in [3.05, 3.63) is 40.4 Å². The Balaban J connectivity index is 1.77. The number of aromatic nitrogens is 2. The summed E-state index contributed by atoms with van der Waals surface area (Å²) in [7, 11) is 0. The first-order chi connectivity index (χ1) is 10.6. The number of nitro groups is 1. The number of rotatable bonds is 8. The smallest absolute Gasteiger partial charge is 0.274 e. The molecule has 0 saturated heterocycles. The van der Waals surface area contributed by atoms with E-state index in [1.54, 1.807) is 0 Å². The summed E-state index contributed by atoms with van der Waals surface area (Å²) in [5.41, 5.74) is 1.13. The van der Waals surface area contributed by atoms with E-state index >= 15 is 0 Å². The maximum Gasteiger partial charge on any atom is 0.274 e. The molecule has 2 rings (SSSR count). The van der Waals surface area contributed by atoms with Gasteiger partial charge in [-0.05, 0) is 26.2 Å². The van der Waals surface area contributed by atoms with Crippen molar-refractivity contribution in [2.45, 2.75) is 58.0 Å². The van der Waals surface area contributed by atoms with Crippen LogP contribution < -0.4 is 10.6 Å². The molecule has 0 unspecified atom stereocenters. The Kier molecular flexibility index (Phi) is 6.24. The summed E-state index contributed by atoms with van der Waals surface area (Å²) in [6, 6.07) is 0.350. The van der Waals surface area contributed by atoms with Crippen LogP contribution in [-0.4, -0.2) is 27.1 Å². The maximum atomic E-state index is 10.8. The lowest BCUT2D eigenvalue weighted by Crippen LogP contribution is -2.37. The zero-order valence-corrected chi connectivity index (χ0v) is 13.1. The van der Waals surface area contributed by atoms with Gasteiger partial charge in [0.05, 0.1) is 11.3 Å². The molecule has 1 heterocycles. The van der Waals surface area contributed by atoms with Crippen molar-refractivity contribution < 1.29 is 4.92 Å². The summed E-state index contributed by atoms with van der Waals surface area (Å²) in [4.78, 5) is 14.4. The Morgan fingerprint density at radius 2 is 2.27 bits per heavy atom. The number of imidazole rings is 1. The van der Waals surface area contributed by atoms with E-state index in [4.69, 9.17) is 0 Å². The van der Waals surface area contributed by atoms with E-state index in [1.165, 1.54) is 19.3 Å². The number of nitrogens with one attached hydrogen (secondary N) is 2. The minimum absolute atomic E-state index is 0.350. The molecule has 0 bridgehead atoms. The second-order valence-corrected chi connectivity index (χ2v) is 5.82. The molecule has 0 aromatic carbocycles. The Morgan fingerprint density at radius 1 is 1.50 bits per heavy atom. The fourth-order valence-corrected chi connectivity index (χ4v) is 2.80. The molecule has 7 nitrogen and oxygen atoms in total. The summed E-state index contributed by atoms with van der Waals surface area (Å²) >= 11 is 0. The molecule has 122 valence electrons. The van der Waals surface area contributed by atoms with Gasteiger partial charge in [-0.3, -0.25) is 10.1 Å². The lowest BCUT2D eigenvalue weighted by Gasteiger charge is -2.24.